The van der Waals surface area contributed by atoms with Crippen molar-refractivity contribution in [2.75, 3.05) is 25.5 Å². The van der Waals surface area contributed by atoms with Crippen molar-refractivity contribution in [1.29, 1.82) is 0 Å². The number of ketones is 1. The van der Waals surface area contributed by atoms with Crippen molar-refractivity contribution in [3.05, 3.63) is 29.6 Å². The Balaban J connectivity index is 1.92. The summed E-state index contributed by atoms with van der Waals surface area (Å²) in [4.78, 5) is 14.4. The van der Waals surface area contributed by atoms with Crippen molar-refractivity contribution in [2.24, 2.45) is 0 Å². The van der Waals surface area contributed by atoms with E-state index in [0.29, 0.717) is 12.0 Å². The zero-order valence-electron chi connectivity index (χ0n) is 10.5. The minimum absolute atomic E-state index is 0.0628. The van der Waals surface area contributed by atoms with Gasteiger partial charge in [0, 0.05) is 36.3 Å². The Morgan fingerprint density at radius 2 is 2.06 bits per heavy atom. The lowest BCUT2D eigenvalue weighted by molar-refractivity contribution is 0.0914. The van der Waals surface area contributed by atoms with Gasteiger partial charge in [-0.3, -0.25) is 4.79 Å². The molecular weight excluding hydrogens is 231 g/mol. The highest BCUT2D eigenvalue weighted by atomic mass is 19.1. The number of halogens is 1. The Labute approximate surface area is 106 Å². The van der Waals surface area contributed by atoms with Gasteiger partial charge in [0.25, 0.3) is 0 Å². The molecule has 3 nitrogen and oxygen atoms in total. The summed E-state index contributed by atoms with van der Waals surface area (Å²) in [6.45, 7) is 1.99. The highest BCUT2D eigenvalue weighted by molar-refractivity contribution is 6.04. The number of Topliss-reactive ketones (excluding diaryl/α,β-unsaturated/α-hetero) is 1. The van der Waals surface area contributed by atoms with Gasteiger partial charge >= 0.3 is 0 Å². The molecule has 1 spiro atoms. The van der Waals surface area contributed by atoms with Crippen LogP contribution < -0.4 is 5.32 Å². The minimum Gasteiger partial charge on any atom is -0.378 e. The molecule has 0 aromatic heterocycles. The summed E-state index contributed by atoms with van der Waals surface area (Å²) in [5, 5.41) is 3.48. The first kappa shape index (κ1) is 11.7. The summed E-state index contributed by atoms with van der Waals surface area (Å²) in [6, 6.07) is 4.43. The Morgan fingerprint density at radius 1 is 1.33 bits per heavy atom. The van der Waals surface area contributed by atoms with E-state index < -0.39 is 0 Å². The molecule has 0 amide bonds. The predicted octanol–water partition coefficient (Wildman–Crippen LogP) is 2.29. The first-order chi connectivity index (χ1) is 8.58. The van der Waals surface area contributed by atoms with Gasteiger partial charge < -0.3 is 10.2 Å². The molecule has 1 N–H and O–H groups in total. The van der Waals surface area contributed by atoms with Gasteiger partial charge in [-0.1, -0.05) is 0 Å². The third-order valence-corrected chi connectivity index (χ3v) is 4.12. The lowest BCUT2D eigenvalue weighted by atomic mass is 9.78. The molecule has 1 aromatic rings. The summed E-state index contributed by atoms with van der Waals surface area (Å²) in [7, 11) is 2.10. The number of carbonyl (C=O) groups excluding carboxylic acids is 1. The second kappa shape index (κ2) is 4.05. The van der Waals surface area contributed by atoms with Crippen molar-refractivity contribution in [3.8, 4) is 0 Å². The van der Waals surface area contributed by atoms with Gasteiger partial charge in [-0.2, -0.15) is 0 Å². The molecule has 1 aromatic carbocycles. The highest BCUT2D eigenvalue weighted by Crippen LogP contribution is 2.37. The molecule has 2 aliphatic heterocycles. The Hall–Kier alpha value is -1.42. The number of anilines is 1. The van der Waals surface area contributed by atoms with Crippen LogP contribution in [0.25, 0.3) is 0 Å². The van der Waals surface area contributed by atoms with Gasteiger partial charge in [-0.15, -0.1) is 0 Å². The van der Waals surface area contributed by atoms with Gasteiger partial charge in [0.15, 0.2) is 5.78 Å². The SMILES string of the molecule is CN1CCC2(CC1)CC(=O)c1cc(F)ccc1N2. The summed E-state index contributed by atoms with van der Waals surface area (Å²) in [5.41, 5.74) is 1.17. The predicted molar refractivity (Wildman–Crippen MR) is 68.4 cm³/mol. The number of rotatable bonds is 0. The number of nitrogens with zero attached hydrogens (tertiary/aromatic N) is 1. The van der Waals surface area contributed by atoms with E-state index in [0.717, 1.165) is 31.6 Å². The molecule has 0 bridgehead atoms. The van der Waals surface area contributed by atoms with Crippen LogP contribution in [0.5, 0.6) is 0 Å². The van der Waals surface area contributed by atoms with Gasteiger partial charge in [0.05, 0.1) is 0 Å². The van der Waals surface area contributed by atoms with E-state index >= 15 is 0 Å². The van der Waals surface area contributed by atoms with Crippen LogP contribution in [-0.2, 0) is 0 Å². The van der Waals surface area contributed by atoms with Crippen LogP contribution in [0.4, 0.5) is 10.1 Å². The fraction of sp³-hybridized carbons (Fsp3) is 0.500. The van der Waals surface area contributed by atoms with Crippen molar-refractivity contribution >= 4 is 11.5 Å². The molecule has 2 heterocycles. The van der Waals surface area contributed by atoms with Crippen LogP contribution in [-0.4, -0.2) is 36.4 Å². The second-order valence-corrected chi connectivity index (χ2v) is 5.50. The van der Waals surface area contributed by atoms with Gasteiger partial charge in [-0.05, 0) is 38.1 Å². The number of benzene rings is 1. The molecule has 96 valence electrons. The number of hydrogen-bond acceptors (Lipinski definition) is 3. The van der Waals surface area contributed by atoms with E-state index in [1.165, 1.54) is 12.1 Å². The van der Waals surface area contributed by atoms with E-state index in [-0.39, 0.29) is 17.1 Å². The summed E-state index contributed by atoms with van der Waals surface area (Å²) in [5.74, 6) is -0.281. The summed E-state index contributed by atoms with van der Waals surface area (Å²) < 4.78 is 13.2. The normalized spacial score (nSPS) is 22.7. The van der Waals surface area contributed by atoms with Gasteiger partial charge in [-0.25, -0.2) is 4.39 Å². The number of hydrogen-bond donors (Lipinski definition) is 1. The van der Waals surface area contributed by atoms with E-state index in [4.69, 9.17) is 0 Å². The van der Waals surface area contributed by atoms with Crippen LogP contribution in [0.3, 0.4) is 0 Å². The van der Waals surface area contributed by atoms with Crippen molar-refractivity contribution in [1.82, 2.24) is 4.90 Å². The zero-order valence-corrected chi connectivity index (χ0v) is 10.5. The molecule has 4 heteroatoms. The van der Waals surface area contributed by atoms with Crippen LogP contribution >= 0.6 is 0 Å². The third-order valence-electron chi connectivity index (χ3n) is 4.12. The highest BCUT2D eigenvalue weighted by Gasteiger charge is 2.40. The molecule has 0 aliphatic carbocycles. The molecular formula is C14H17FN2O. The smallest absolute Gasteiger partial charge is 0.167 e. The van der Waals surface area contributed by atoms with Crippen LogP contribution in [0.15, 0.2) is 18.2 Å². The molecule has 0 unspecified atom stereocenters. The Kier molecular flexibility index (Phi) is 2.63. The van der Waals surface area contributed by atoms with Crippen LogP contribution in [0.2, 0.25) is 0 Å². The topological polar surface area (TPSA) is 32.3 Å². The van der Waals surface area contributed by atoms with E-state index in [2.05, 4.69) is 17.3 Å². The molecule has 2 aliphatic rings. The number of likely N-dealkylation sites (tertiary alicyclic amines) is 1. The van der Waals surface area contributed by atoms with Crippen LogP contribution in [0, 0.1) is 5.82 Å². The lowest BCUT2D eigenvalue weighted by Gasteiger charge is -2.44. The number of piperidine rings is 1. The zero-order chi connectivity index (χ0) is 12.8. The van der Waals surface area contributed by atoms with Crippen molar-refractivity contribution < 1.29 is 9.18 Å². The fourth-order valence-electron chi connectivity index (χ4n) is 2.94. The van der Waals surface area contributed by atoms with E-state index in [9.17, 15) is 9.18 Å². The molecule has 1 saturated heterocycles. The molecule has 0 atom stereocenters. The maximum Gasteiger partial charge on any atom is 0.167 e. The average Bonchev–Trinajstić information content (AvgIpc) is 2.35. The number of nitrogens with one attached hydrogen (secondary N) is 1. The van der Waals surface area contributed by atoms with Crippen LogP contribution in [0.1, 0.15) is 29.6 Å². The Morgan fingerprint density at radius 3 is 2.78 bits per heavy atom. The summed E-state index contributed by atoms with van der Waals surface area (Å²) in [6.07, 6.45) is 2.41. The maximum absolute atomic E-state index is 13.2. The fourth-order valence-corrected chi connectivity index (χ4v) is 2.94. The first-order valence-electron chi connectivity index (χ1n) is 6.38. The second-order valence-electron chi connectivity index (χ2n) is 5.50. The quantitative estimate of drug-likeness (QED) is 0.764. The largest absolute Gasteiger partial charge is 0.378 e. The van der Waals surface area contributed by atoms with Gasteiger partial charge in [0.1, 0.15) is 5.82 Å². The number of fused-ring (bicyclic) bond motifs is 1. The maximum atomic E-state index is 13.2. The molecule has 18 heavy (non-hydrogen) atoms. The molecule has 3 rings (SSSR count). The lowest BCUT2D eigenvalue weighted by Crippen LogP contribution is -2.51. The summed E-state index contributed by atoms with van der Waals surface area (Å²) >= 11 is 0. The molecule has 0 saturated carbocycles. The first-order valence-corrected chi connectivity index (χ1v) is 6.38. The van der Waals surface area contributed by atoms with E-state index in [1.54, 1.807) is 6.07 Å². The standard InChI is InChI=1S/C14H17FN2O/c1-17-6-4-14(5-7-17)9-13(18)11-8-10(15)2-3-12(11)16-14/h2-3,8,16H,4-7,9H2,1H3. The monoisotopic (exact) mass is 248 g/mol. The van der Waals surface area contributed by atoms with Crippen molar-refractivity contribution in [2.45, 2.75) is 24.8 Å². The average molecular weight is 248 g/mol. The van der Waals surface area contributed by atoms with E-state index in [1.807, 2.05) is 0 Å². The molecule has 1 fully saturated rings. The Bertz CT molecular complexity index is 493. The van der Waals surface area contributed by atoms with Crippen molar-refractivity contribution in [3.63, 3.8) is 0 Å². The van der Waals surface area contributed by atoms with Gasteiger partial charge in [0.2, 0.25) is 0 Å². The molecule has 0 radical (unpaired) electrons. The third kappa shape index (κ3) is 1.90. The minimum atomic E-state index is -0.344. The number of carbonyl (C=O) groups is 1.